The predicted octanol–water partition coefficient (Wildman–Crippen LogP) is 0.729. The van der Waals surface area contributed by atoms with E-state index in [0.29, 0.717) is 5.69 Å². The van der Waals surface area contributed by atoms with Gasteiger partial charge in [-0.25, -0.2) is 0 Å². The van der Waals surface area contributed by atoms with Crippen LogP contribution in [0.3, 0.4) is 0 Å². The summed E-state index contributed by atoms with van der Waals surface area (Å²) in [4.78, 5) is 24.8. The van der Waals surface area contributed by atoms with Crippen molar-refractivity contribution in [3.63, 3.8) is 0 Å². The van der Waals surface area contributed by atoms with Gasteiger partial charge in [0.2, 0.25) is 11.8 Å². The maximum atomic E-state index is 12.1. The molecule has 106 valence electrons. The molecular weight excluding hydrogens is 244 g/mol. The summed E-state index contributed by atoms with van der Waals surface area (Å²) in [6.07, 6.45) is 2.00. The molecule has 1 heterocycles. The van der Waals surface area contributed by atoms with Crippen LogP contribution in [0.4, 0.5) is 0 Å². The molecule has 0 spiro atoms. The smallest absolute Gasteiger partial charge is 0.242 e. The van der Waals surface area contributed by atoms with Crippen LogP contribution in [-0.4, -0.2) is 39.1 Å². The molecule has 0 atom stereocenters. The number of hydrogen-bond donors (Lipinski definition) is 1. The third kappa shape index (κ3) is 3.33. The molecule has 2 amide bonds. The Balaban J connectivity index is 2.76. The van der Waals surface area contributed by atoms with Crippen LogP contribution in [0.25, 0.3) is 0 Å². The molecule has 0 unspecified atom stereocenters. The zero-order valence-electron chi connectivity index (χ0n) is 12.2. The van der Waals surface area contributed by atoms with E-state index in [2.05, 4.69) is 5.10 Å². The van der Waals surface area contributed by atoms with Gasteiger partial charge in [-0.1, -0.05) is 0 Å². The lowest BCUT2D eigenvalue weighted by Crippen LogP contribution is -2.54. The van der Waals surface area contributed by atoms with Crippen LogP contribution < -0.4 is 5.73 Å². The van der Waals surface area contributed by atoms with E-state index < -0.39 is 11.4 Å². The summed E-state index contributed by atoms with van der Waals surface area (Å²) in [5.74, 6) is -0.714. The molecule has 0 aliphatic rings. The van der Waals surface area contributed by atoms with Gasteiger partial charge in [-0.05, 0) is 33.8 Å². The first-order valence-electron chi connectivity index (χ1n) is 6.27. The molecule has 19 heavy (non-hydrogen) atoms. The number of carbonyl (C=O) groups excluding carboxylic acids is 2. The summed E-state index contributed by atoms with van der Waals surface area (Å²) >= 11 is 0. The number of likely N-dealkylation sites (N-methyl/N-ethyl adjacent to an activating group) is 1. The maximum Gasteiger partial charge on any atom is 0.242 e. The molecule has 6 heteroatoms. The first-order valence-corrected chi connectivity index (χ1v) is 6.27. The van der Waals surface area contributed by atoms with E-state index in [4.69, 9.17) is 5.73 Å². The summed E-state index contributed by atoms with van der Waals surface area (Å²) in [5.41, 5.74) is 4.98. The Kier molecular flexibility index (Phi) is 4.34. The Morgan fingerprint density at radius 1 is 1.47 bits per heavy atom. The summed E-state index contributed by atoms with van der Waals surface area (Å²) in [7, 11) is 1.58. The van der Waals surface area contributed by atoms with E-state index in [9.17, 15) is 9.59 Å². The second-order valence-corrected chi connectivity index (χ2v) is 5.43. The molecule has 0 radical (unpaired) electrons. The van der Waals surface area contributed by atoms with Crippen molar-refractivity contribution in [3.8, 4) is 0 Å². The van der Waals surface area contributed by atoms with Crippen molar-refractivity contribution in [2.75, 3.05) is 7.05 Å². The highest BCUT2D eigenvalue weighted by Gasteiger charge is 2.33. The van der Waals surface area contributed by atoms with Crippen molar-refractivity contribution in [2.24, 2.45) is 5.73 Å². The van der Waals surface area contributed by atoms with Gasteiger partial charge < -0.3 is 10.6 Å². The third-order valence-electron chi connectivity index (χ3n) is 3.34. The molecule has 2 N–H and O–H groups in total. The third-order valence-corrected chi connectivity index (χ3v) is 3.34. The van der Waals surface area contributed by atoms with E-state index in [1.807, 2.05) is 26.1 Å². The highest BCUT2D eigenvalue weighted by Crippen LogP contribution is 2.13. The second-order valence-electron chi connectivity index (χ2n) is 5.43. The van der Waals surface area contributed by atoms with Gasteiger partial charge in [0.25, 0.3) is 0 Å². The van der Waals surface area contributed by atoms with E-state index >= 15 is 0 Å². The molecule has 0 bridgehead atoms. The topological polar surface area (TPSA) is 81.2 Å². The van der Waals surface area contributed by atoms with Crippen LogP contribution in [0.5, 0.6) is 0 Å². The Labute approximate surface area is 113 Å². The van der Waals surface area contributed by atoms with Gasteiger partial charge in [-0.15, -0.1) is 0 Å². The largest absolute Gasteiger partial charge is 0.368 e. The SMILES string of the molecule is CC(C)n1ccc(CC(=O)N(C)C(C)(C)C(N)=O)n1. The van der Waals surface area contributed by atoms with Gasteiger partial charge in [-0.3, -0.25) is 14.3 Å². The Morgan fingerprint density at radius 3 is 2.47 bits per heavy atom. The lowest BCUT2D eigenvalue weighted by Gasteiger charge is -2.32. The number of nitrogens with two attached hydrogens (primary N) is 1. The van der Waals surface area contributed by atoms with Crippen LogP contribution in [0, 0.1) is 0 Å². The fourth-order valence-corrected chi connectivity index (χ4v) is 1.51. The fraction of sp³-hybridized carbons (Fsp3) is 0.615. The molecule has 0 fully saturated rings. The lowest BCUT2D eigenvalue weighted by atomic mass is 10.0. The average Bonchev–Trinajstić information content (AvgIpc) is 2.76. The van der Waals surface area contributed by atoms with E-state index in [-0.39, 0.29) is 18.4 Å². The molecule has 1 rings (SSSR count). The van der Waals surface area contributed by atoms with E-state index in [0.717, 1.165) is 0 Å². The van der Waals surface area contributed by atoms with E-state index in [1.54, 1.807) is 25.6 Å². The van der Waals surface area contributed by atoms with Crippen molar-refractivity contribution in [3.05, 3.63) is 18.0 Å². The van der Waals surface area contributed by atoms with E-state index in [1.165, 1.54) is 4.90 Å². The minimum atomic E-state index is -1.00. The molecule has 1 aromatic rings. The summed E-state index contributed by atoms with van der Waals surface area (Å²) in [5, 5.41) is 4.31. The van der Waals surface area contributed by atoms with Crippen LogP contribution in [0.15, 0.2) is 12.3 Å². The quantitative estimate of drug-likeness (QED) is 0.853. The molecule has 0 aromatic carbocycles. The normalized spacial score (nSPS) is 11.7. The van der Waals surface area contributed by atoms with Crippen LogP contribution >= 0.6 is 0 Å². The molecule has 0 saturated carbocycles. The summed E-state index contributed by atoms with van der Waals surface area (Å²) in [6.45, 7) is 7.28. The molecule has 0 saturated heterocycles. The number of carbonyl (C=O) groups is 2. The van der Waals surface area contributed by atoms with Gasteiger partial charge in [0.05, 0.1) is 12.1 Å². The fourth-order valence-electron chi connectivity index (χ4n) is 1.51. The zero-order chi connectivity index (χ0) is 14.8. The van der Waals surface area contributed by atoms with Crippen molar-refractivity contribution < 1.29 is 9.59 Å². The number of amides is 2. The first kappa shape index (κ1) is 15.2. The zero-order valence-corrected chi connectivity index (χ0v) is 12.2. The number of hydrogen-bond acceptors (Lipinski definition) is 3. The Morgan fingerprint density at radius 2 is 2.05 bits per heavy atom. The van der Waals surface area contributed by atoms with Gasteiger partial charge >= 0.3 is 0 Å². The summed E-state index contributed by atoms with van der Waals surface area (Å²) in [6, 6.07) is 2.06. The Hall–Kier alpha value is -1.85. The monoisotopic (exact) mass is 266 g/mol. The van der Waals surface area contributed by atoms with Gasteiger partial charge in [-0.2, -0.15) is 5.10 Å². The molecule has 0 aliphatic heterocycles. The number of aromatic nitrogens is 2. The summed E-state index contributed by atoms with van der Waals surface area (Å²) < 4.78 is 1.79. The molecule has 6 nitrogen and oxygen atoms in total. The van der Waals surface area contributed by atoms with Gasteiger partial charge in [0.15, 0.2) is 0 Å². The van der Waals surface area contributed by atoms with Crippen LogP contribution in [0.2, 0.25) is 0 Å². The van der Waals surface area contributed by atoms with Crippen molar-refractivity contribution in [2.45, 2.75) is 45.7 Å². The second kappa shape index (κ2) is 5.42. The first-order chi connectivity index (χ1) is 8.66. The van der Waals surface area contributed by atoms with Crippen molar-refractivity contribution in [1.29, 1.82) is 0 Å². The average molecular weight is 266 g/mol. The number of rotatable bonds is 5. The minimum Gasteiger partial charge on any atom is -0.368 e. The lowest BCUT2D eigenvalue weighted by molar-refractivity contribution is -0.142. The highest BCUT2D eigenvalue weighted by atomic mass is 16.2. The maximum absolute atomic E-state index is 12.1. The number of nitrogens with zero attached hydrogens (tertiary/aromatic N) is 3. The molecule has 1 aromatic heterocycles. The van der Waals surface area contributed by atoms with Crippen LogP contribution in [-0.2, 0) is 16.0 Å². The van der Waals surface area contributed by atoms with Crippen molar-refractivity contribution in [1.82, 2.24) is 14.7 Å². The minimum absolute atomic E-state index is 0.160. The predicted molar refractivity (Wildman–Crippen MR) is 72.4 cm³/mol. The molecule has 0 aliphatic carbocycles. The molecular formula is C13H22N4O2. The van der Waals surface area contributed by atoms with Gasteiger partial charge in [0.1, 0.15) is 5.54 Å². The van der Waals surface area contributed by atoms with Gasteiger partial charge in [0, 0.05) is 19.3 Å². The van der Waals surface area contributed by atoms with Crippen molar-refractivity contribution >= 4 is 11.8 Å². The number of primary amides is 1. The Bertz CT molecular complexity index is 477. The standard InChI is InChI=1S/C13H22N4O2/c1-9(2)17-7-6-10(15-17)8-11(18)16(5)13(3,4)12(14)19/h6-7,9H,8H2,1-5H3,(H2,14,19). The van der Waals surface area contributed by atoms with Crippen LogP contribution in [0.1, 0.15) is 39.4 Å². The highest BCUT2D eigenvalue weighted by molar-refractivity contribution is 5.90.